The van der Waals surface area contributed by atoms with Crippen LogP contribution in [0.4, 0.5) is 4.79 Å². The normalized spacial score (nSPS) is 18.4. The Morgan fingerprint density at radius 2 is 2.04 bits per heavy atom. The van der Waals surface area contributed by atoms with Crippen LogP contribution in [0.5, 0.6) is 0 Å². The number of ether oxygens (including phenoxy) is 1. The van der Waals surface area contributed by atoms with E-state index in [1.54, 1.807) is 13.8 Å². The van der Waals surface area contributed by atoms with Crippen molar-refractivity contribution in [3.05, 3.63) is 47.2 Å². The minimum Gasteiger partial charge on any atom is -0.463 e. The lowest BCUT2D eigenvalue weighted by atomic mass is 10.0. The van der Waals surface area contributed by atoms with E-state index < -0.39 is 5.97 Å². The number of hydrogen-bond acceptors (Lipinski definition) is 4. The van der Waals surface area contributed by atoms with Gasteiger partial charge in [-0.3, -0.25) is 0 Å². The van der Waals surface area contributed by atoms with Gasteiger partial charge in [-0.25, -0.2) is 9.59 Å². The van der Waals surface area contributed by atoms with Crippen molar-refractivity contribution in [1.29, 1.82) is 0 Å². The van der Waals surface area contributed by atoms with Crippen molar-refractivity contribution in [2.75, 3.05) is 13.2 Å². The molecule has 0 saturated heterocycles. The highest BCUT2D eigenvalue weighted by Gasteiger charge is 2.29. The lowest BCUT2D eigenvalue weighted by Crippen LogP contribution is -2.51. The van der Waals surface area contributed by atoms with Gasteiger partial charge in [0.15, 0.2) is 0 Å². The molecule has 0 spiro atoms. The van der Waals surface area contributed by atoms with Crippen LogP contribution in [0.3, 0.4) is 0 Å². The molecule has 1 heterocycles. The molecular weight excluding hydrogens is 318 g/mol. The van der Waals surface area contributed by atoms with Crippen molar-refractivity contribution < 1.29 is 14.3 Å². The molecule has 0 aromatic heterocycles. The Balaban J connectivity index is 1.95. The molecule has 0 fully saturated rings. The SMILES string of the molecule is CCOC(=O)C1=C(CN[C@@H](C)CCc2ccccc2)NC(=O)N[C@@H]1C. The average molecular weight is 345 g/mol. The van der Waals surface area contributed by atoms with Crippen molar-refractivity contribution in [2.45, 2.75) is 45.7 Å². The third-order valence-corrected chi connectivity index (χ3v) is 4.20. The van der Waals surface area contributed by atoms with E-state index in [1.807, 2.05) is 18.2 Å². The molecule has 136 valence electrons. The van der Waals surface area contributed by atoms with Gasteiger partial charge in [0.25, 0.3) is 0 Å². The molecule has 0 bridgehead atoms. The first-order valence-electron chi connectivity index (χ1n) is 8.76. The van der Waals surface area contributed by atoms with Crippen LogP contribution >= 0.6 is 0 Å². The Morgan fingerprint density at radius 3 is 2.72 bits per heavy atom. The predicted octanol–water partition coefficient (Wildman–Crippen LogP) is 2.12. The van der Waals surface area contributed by atoms with Gasteiger partial charge in [-0.1, -0.05) is 30.3 Å². The first-order chi connectivity index (χ1) is 12.0. The van der Waals surface area contributed by atoms with Crippen LogP contribution in [0.1, 0.15) is 32.8 Å². The maximum Gasteiger partial charge on any atom is 0.337 e. The van der Waals surface area contributed by atoms with Gasteiger partial charge in [0.2, 0.25) is 0 Å². The Bertz CT molecular complexity index is 628. The quantitative estimate of drug-likeness (QED) is 0.631. The molecule has 25 heavy (non-hydrogen) atoms. The first kappa shape index (κ1) is 19.0. The second-order valence-corrected chi connectivity index (χ2v) is 6.24. The summed E-state index contributed by atoms with van der Waals surface area (Å²) in [6.07, 6.45) is 1.94. The van der Waals surface area contributed by atoms with Crippen molar-refractivity contribution in [1.82, 2.24) is 16.0 Å². The van der Waals surface area contributed by atoms with E-state index in [1.165, 1.54) is 5.56 Å². The minimum atomic E-state index is -0.392. The summed E-state index contributed by atoms with van der Waals surface area (Å²) in [4.78, 5) is 23.9. The van der Waals surface area contributed by atoms with Gasteiger partial charge in [-0.15, -0.1) is 0 Å². The van der Waals surface area contributed by atoms with Crippen LogP contribution in [0.25, 0.3) is 0 Å². The van der Waals surface area contributed by atoms with E-state index in [4.69, 9.17) is 4.74 Å². The van der Waals surface area contributed by atoms with Crippen molar-refractivity contribution >= 4 is 12.0 Å². The van der Waals surface area contributed by atoms with Gasteiger partial charge in [-0.2, -0.15) is 0 Å². The summed E-state index contributed by atoms with van der Waals surface area (Å²) < 4.78 is 5.11. The fraction of sp³-hybridized carbons (Fsp3) is 0.474. The number of esters is 1. The molecule has 1 aliphatic heterocycles. The summed E-state index contributed by atoms with van der Waals surface area (Å²) in [5.41, 5.74) is 2.36. The number of rotatable bonds is 8. The molecule has 0 unspecified atom stereocenters. The topological polar surface area (TPSA) is 79.5 Å². The smallest absolute Gasteiger partial charge is 0.337 e. The van der Waals surface area contributed by atoms with Crippen molar-refractivity contribution in [3.8, 4) is 0 Å². The Morgan fingerprint density at radius 1 is 1.32 bits per heavy atom. The van der Waals surface area contributed by atoms with Gasteiger partial charge < -0.3 is 20.7 Å². The second kappa shape index (κ2) is 9.22. The average Bonchev–Trinajstić information content (AvgIpc) is 2.58. The number of hydrogen-bond donors (Lipinski definition) is 3. The zero-order valence-electron chi connectivity index (χ0n) is 15.1. The highest BCUT2D eigenvalue weighted by molar-refractivity contribution is 5.94. The molecule has 6 heteroatoms. The van der Waals surface area contributed by atoms with Crippen LogP contribution in [-0.2, 0) is 16.0 Å². The summed E-state index contributed by atoms with van der Waals surface area (Å²) in [7, 11) is 0. The van der Waals surface area contributed by atoms with Gasteiger partial charge in [0.1, 0.15) is 0 Å². The molecule has 2 rings (SSSR count). The third-order valence-electron chi connectivity index (χ3n) is 4.20. The summed E-state index contributed by atoms with van der Waals surface area (Å²) in [5.74, 6) is -0.392. The maximum absolute atomic E-state index is 12.2. The van der Waals surface area contributed by atoms with Crippen LogP contribution < -0.4 is 16.0 Å². The van der Waals surface area contributed by atoms with Crippen molar-refractivity contribution in [3.63, 3.8) is 0 Å². The standard InChI is InChI=1S/C19H27N3O3/c1-4-25-18(23)17-14(3)21-19(24)22-16(17)12-20-13(2)10-11-15-8-6-5-7-9-15/h5-9,13-14,20H,4,10-12H2,1-3H3,(H2,21,22,24)/t13-,14+/m0/s1. The number of benzene rings is 1. The number of nitrogens with one attached hydrogen (secondary N) is 3. The number of aryl methyl sites for hydroxylation is 1. The van der Waals surface area contributed by atoms with Crippen LogP contribution in [0.15, 0.2) is 41.6 Å². The predicted molar refractivity (Wildman–Crippen MR) is 97.0 cm³/mol. The number of urea groups is 1. The van der Waals surface area contributed by atoms with E-state index in [2.05, 4.69) is 35.0 Å². The van der Waals surface area contributed by atoms with E-state index in [9.17, 15) is 9.59 Å². The fourth-order valence-electron chi connectivity index (χ4n) is 2.83. The molecule has 1 aromatic rings. The summed E-state index contributed by atoms with van der Waals surface area (Å²) in [5, 5.41) is 8.81. The Hall–Kier alpha value is -2.34. The largest absolute Gasteiger partial charge is 0.463 e. The molecule has 3 N–H and O–H groups in total. The van der Waals surface area contributed by atoms with E-state index in [-0.39, 0.29) is 18.1 Å². The van der Waals surface area contributed by atoms with Gasteiger partial charge in [0.05, 0.1) is 18.2 Å². The molecule has 1 aromatic carbocycles. The molecule has 0 radical (unpaired) electrons. The van der Waals surface area contributed by atoms with Gasteiger partial charge in [0, 0.05) is 18.3 Å². The number of carbonyl (C=O) groups is 2. The minimum absolute atomic E-state index is 0.248. The van der Waals surface area contributed by atoms with Crippen molar-refractivity contribution in [2.24, 2.45) is 0 Å². The fourth-order valence-corrected chi connectivity index (χ4v) is 2.83. The van der Waals surface area contributed by atoms with Gasteiger partial charge >= 0.3 is 12.0 Å². The third kappa shape index (κ3) is 5.60. The molecule has 2 amide bonds. The number of carbonyl (C=O) groups excluding carboxylic acids is 2. The maximum atomic E-state index is 12.2. The highest BCUT2D eigenvalue weighted by atomic mass is 16.5. The number of amides is 2. The van der Waals surface area contributed by atoms with E-state index >= 15 is 0 Å². The molecule has 2 atom stereocenters. The molecule has 0 aliphatic carbocycles. The monoisotopic (exact) mass is 345 g/mol. The zero-order valence-corrected chi connectivity index (χ0v) is 15.1. The first-order valence-corrected chi connectivity index (χ1v) is 8.76. The molecule has 1 aliphatic rings. The highest BCUT2D eigenvalue weighted by Crippen LogP contribution is 2.14. The second-order valence-electron chi connectivity index (χ2n) is 6.24. The van der Waals surface area contributed by atoms with E-state index in [0.29, 0.717) is 24.4 Å². The van der Waals surface area contributed by atoms with Crippen LogP contribution in [0, 0.1) is 0 Å². The van der Waals surface area contributed by atoms with Gasteiger partial charge in [-0.05, 0) is 39.2 Å². The van der Waals surface area contributed by atoms with Crippen LogP contribution in [-0.4, -0.2) is 37.2 Å². The Kier molecular flexibility index (Phi) is 7.01. The summed E-state index contributed by atoms with van der Waals surface area (Å²) in [6.45, 7) is 6.37. The summed E-state index contributed by atoms with van der Waals surface area (Å²) >= 11 is 0. The summed E-state index contributed by atoms with van der Waals surface area (Å²) in [6, 6.07) is 9.89. The Labute approximate surface area is 149 Å². The molecule has 6 nitrogen and oxygen atoms in total. The van der Waals surface area contributed by atoms with Crippen LogP contribution in [0.2, 0.25) is 0 Å². The van der Waals surface area contributed by atoms with E-state index in [0.717, 1.165) is 12.8 Å². The lowest BCUT2D eigenvalue weighted by molar-refractivity contribution is -0.139. The molecule has 0 saturated carbocycles. The molecular formula is C19H27N3O3. The lowest BCUT2D eigenvalue weighted by Gasteiger charge is -2.27. The zero-order chi connectivity index (χ0) is 18.2.